The van der Waals surface area contributed by atoms with Crippen LogP contribution in [0.4, 0.5) is 0 Å². The summed E-state index contributed by atoms with van der Waals surface area (Å²) in [6.45, 7) is 3.04. The monoisotopic (exact) mass is 902 g/mol. The number of halogens is 2. The number of aromatic nitrogens is 4. The standard InChI is InChI=1S/2C15H16N4.2CNO.2ClHO4.2Ni/c2*1-3-10-18-14(6-1)12-16-8-5-9-17-13-15-7-2-4-11-19-15;2*2-1-3;2*2-1(3,4)5;;/h2*1-4,6-7,10-13H,5,8-9H2;;;2*(H,2,3,4,5);;/q;;2*-1;;;2*+2/p-2. The third kappa shape index (κ3) is 51.4. The minimum absolute atomic E-state index is 0. The predicted molar refractivity (Wildman–Crippen MR) is 174 cm³/mol. The zero-order chi connectivity index (χ0) is 40.8. The summed E-state index contributed by atoms with van der Waals surface area (Å²) in [5.74, 6) is 0. The van der Waals surface area contributed by atoms with Gasteiger partial charge in [-0.2, -0.15) is 0 Å². The summed E-state index contributed by atoms with van der Waals surface area (Å²) in [6.07, 6.45) is 17.1. The van der Waals surface area contributed by atoms with E-state index in [-0.39, 0.29) is 33.0 Å². The molecule has 24 heteroatoms. The summed E-state index contributed by atoms with van der Waals surface area (Å²) in [4.78, 5) is 50.4. The fourth-order valence-electron chi connectivity index (χ4n) is 2.95. The number of carbonyl (C=O) groups excluding carboxylic acids is 2. The van der Waals surface area contributed by atoms with Gasteiger partial charge in [0.1, 0.15) is 0 Å². The molecule has 0 spiro atoms. The molecule has 56 heavy (non-hydrogen) atoms. The van der Waals surface area contributed by atoms with Crippen LogP contribution in [0.3, 0.4) is 0 Å². The van der Waals surface area contributed by atoms with Crippen LogP contribution < -0.4 is 37.3 Å². The van der Waals surface area contributed by atoms with E-state index >= 15 is 0 Å². The number of isocyanates is 2. The fraction of sp³-hybridized carbons (Fsp3) is 0.188. The minimum atomic E-state index is -4.94. The van der Waals surface area contributed by atoms with Crippen LogP contribution in [-0.4, -0.2) is 83.1 Å². The van der Waals surface area contributed by atoms with Crippen LogP contribution in [0.15, 0.2) is 118 Å². The first kappa shape index (κ1) is 58.0. The molecule has 0 saturated carbocycles. The molecule has 4 rings (SSSR count). The Morgan fingerprint density at radius 1 is 0.464 bits per heavy atom. The van der Waals surface area contributed by atoms with Crippen LogP contribution >= 0.6 is 0 Å². The van der Waals surface area contributed by atoms with Crippen LogP contribution in [0.5, 0.6) is 0 Å². The maximum absolute atomic E-state index is 8.49. The van der Waals surface area contributed by atoms with E-state index in [9.17, 15) is 0 Å². The van der Waals surface area contributed by atoms with Crippen molar-refractivity contribution in [3.05, 3.63) is 131 Å². The maximum Gasteiger partial charge on any atom is 2.00 e. The Morgan fingerprint density at radius 2 is 0.643 bits per heavy atom. The Bertz CT molecular complexity index is 1430. The van der Waals surface area contributed by atoms with Crippen molar-refractivity contribution in [2.45, 2.75) is 12.8 Å². The van der Waals surface area contributed by atoms with Gasteiger partial charge in [-0.1, -0.05) is 24.3 Å². The number of hydrogen-bond donors (Lipinski definition) is 0. The number of aliphatic imine (C=N–C) groups is 4. The van der Waals surface area contributed by atoms with E-state index in [0.717, 1.165) is 61.8 Å². The largest absolute Gasteiger partial charge is 2.00 e. The molecule has 0 aromatic carbocycles. The van der Waals surface area contributed by atoms with E-state index in [0.29, 0.717) is 12.2 Å². The van der Waals surface area contributed by atoms with E-state index < -0.39 is 20.5 Å². The number of nitrogens with zero attached hydrogens (tertiary/aromatic N) is 10. The third-order valence-electron chi connectivity index (χ3n) is 4.79. The van der Waals surface area contributed by atoms with Gasteiger partial charge in [0.05, 0.1) is 22.8 Å². The number of hydrogen-bond acceptors (Lipinski definition) is 18. The zero-order valence-corrected chi connectivity index (χ0v) is 32.2. The van der Waals surface area contributed by atoms with E-state index in [2.05, 4.69) is 39.9 Å². The van der Waals surface area contributed by atoms with Crippen LogP contribution in [0.2, 0.25) is 0 Å². The second-order valence-corrected chi connectivity index (χ2v) is 10.3. The van der Waals surface area contributed by atoms with Gasteiger partial charge in [-0.25, -0.2) is 37.3 Å². The predicted octanol–water partition coefficient (Wildman–Crippen LogP) is -4.92. The van der Waals surface area contributed by atoms with E-state index in [1.165, 1.54) is 0 Å². The molecule has 4 aromatic heterocycles. The molecular formula is C32H32Cl2N10Ni2O10. The molecule has 4 heterocycles. The van der Waals surface area contributed by atoms with E-state index in [1.54, 1.807) is 49.6 Å². The zero-order valence-electron chi connectivity index (χ0n) is 28.7. The molecule has 0 atom stereocenters. The van der Waals surface area contributed by atoms with Gasteiger partial charge < -0.3 is 10.8 Å². The van der Waals surface area contributed by atoms with Crippen molar-refractivity contribution in [1.82, 2.24) is 19.9 Å². The fourth-order valence-corrected chi connectivity index (χ4v) is 2.95. The minimum Gasteiger partial charge on any atom is -0.724 e. The molecule has 20 nitrogen and oxygen atoms in total. The maximum atomic E-state index is 8.49. The van der Waals surface area contributed by atoms with Gasteiger partial charge in [-0.3, -0.25) is 49.5 Å². The van der Waals surface area contributed by atoms with Crippen LogP contribution in [0.25, 0.3) is 10.8 Å². The topological polar surface area (TPSA) is 364 Å². The Hall–Kier alpha value is -4.71. The molecule has 0 N–H and O–H groups in total. The average molecular weight is 905 g/mol. The van der Waals surface area contributed by atoms with Crippen LogP contribution in [-0.2, 0) is 42.6 Å². The first-order valence-electron chi connectivity index (χ1n) is 14.6. The average Bonchev–Trinajstić information content (AvgIpc) is 3.12. The smallest absolute Gasteiger partial charge is 0.724 e. The Morgan fingerprint density at radius 3 is 0.786 bits per heavy atom. The second kappa shape index (κ2) is 40.0. The van der Waals surface area contributed by atoms with Crippen molar-refractivity contribution in [2.75, 3.05) is 26.2 Å². The molecule has 304 valence electrons. The first-order valence-corrected chi connectivity index (χ1v) is 17.1. The van der Waals surface area contributed by atoms with Gasteiger partial charge in [-0.05, 0) is 73.5 Å². The molecule has 0 bridgehead atoms. The van der Waals surface area contributed by atoms with Crippen LogP contribution in [0, 0.1) is 20.5 Å². The molecule has 4 aromatic rings. The summed E-state index contributed by atoms with van der Waals surface area (Å²) < 4.78 is 67.9. The molecule has 0 aliphatic carbocycles. The molecule has 0 aliphatic heterocycles. The molecule has 0 aliphatic rings. The van der Waals surface area contributed by atoms with E-state index in [1.807, 2.05) is 72.8 Å². The third-order valence-corrected chi connectivity index (χ3v) is 4.79. The normalized spacial score (nSPS) is 10.1. The number of rotatable bonds is 12. The molecule has 0 radical (unpaired) electrons. The van der Waals surface area contributed by atoms with Gasteiger partial charge in [0.25, 0.3) is 0 Å². The quantitative estimate of drug-likeness (QED) is 0.0557. The van der Waals surface area contributed by atoms with Gasteiger partial charge >= 0.3 is 33.0 Å². The van der Waals surface area contributed by atoms with Gasteiger partial charge in [0.15, 0.2) is 0 Å². The summed E-state index contributed by atoms with van der Waals surface area (Å²) in [5.41, 5.74) is 3.55. The van der Waals surface area contributed by atoms with Crippen molar-refractivity contribution >= 4 is 37.0 Å². The molecular weight excluding hydrogens is 873 g/mol. The van der Waals surface area contributed by atoms with Crippen molar-refractivity contribution in [2.24, 2.45) is 20.0 Å². The molecule has 0 fully saturated rings. The van der Waals surface area contributed by atoms with Crippen molar-refractivity contribution < 1.29 is 100 Å². The molecule has 0 amide bonds. The van der Waals surface area contributed by atoms with E-state index in [4.69, 9.17) is 57.7 Å². The molecule has 0 saturated heterocycles. The Balaban J connectivity index is -0.000000341. The van der Waals surface area contributed by atoms with Gasteiger partial charge in [0.2, 0.25) is 0 Å². The summed E-state index contributed by atoms with van der Waals surface area (Å²) in [6, 6.07) is 23.1. The second-order valence-electron chi connectivity index (χ2n) is 8.81. The van der Waals surface area contributed by atoms with Crippen molar-refractivity contribution in [1.29, 1.82) is 0 Å². The van der Waals surface area contributed by atoms with Gasteiger partial charge in [0, 0.05) is 75.8 Å². The van der Waals surface area contributed by atoms with Gasteiger partial charge in [-0.15, -0.1) is 20.5 Å². The van der Waals surface area contributed by atoms with Crippen molar-refractivity contribution in [3.8, 4) is 0 Å². The van der Waals surface area contributed by atoms with Crippen molar-refractivity contribution in [3.63, 3.8) is 0 Å². The summed E-state index contributed by atoms with van der Waals surface area (Å²) in [5, 5.41) is 13.5. The summed E-state index contributed by atoms with van der Waals surface area (Å²) in [7, 11) is -9.89. The Kier molecular flexibility index (Phi) is 41.4. The number of pyridine rings is 4. The van der Waals surface area contributed by atoms with Crippen LogP contribution in [0.1, 0.15) is 35.6 Å². The first-order chi connectivity index (χ1) is 25.7. The SMILES string of the molecule is C(=NCCCN=Cc1ccccn1)c1ccccn1.C(=NCCCN=Cc1ccccn1)c1ccccn1.[N-]=C=O.[N-]=C=O.[Ni+2].[Ni+2].[O-][Cl+3]([O-])([O-])[O-].[O-][Cl+3]([O-])([O-])[O-]. The summed E-state index contributed by atoms with van der Waals surface area (Å²) >= 11 is 0. The molecule has 0 unspecified atom stereocenters. The Labute approximate surface area is 346 Å².